The van der Waals surface area contributed by atoms with Gasteiger partial charge in [-0.3, -0.25) is 4.79 Å². The molecule has 0 spiro atoms. The Morgan fingerprint density at radius 2 is 2.20 bits per heavy atom. The van der Waals surface area contributed by atoms with Gasteiger partial charge in [0.15, 0.2) is 0 Å². The van der Waals surface area contributed by atoms with E-state index < -0.39 is 0 Å². The number of aromatic nitrogens is 1. The summed E-state index contributed by atoms with van der Waals surface area (Å²) < 4.78 is 0. The molecule has 0 saturated carbocycles. The van der Waals surface area contributed by atoms with E-state index >= 15 is 0 Å². The molecule has 1 aromatic carbocycles. The number of hydrogen-bond donors (Lipinski definition) is 1. The number of aldehydes is 1. The van der Waals surface area contributed by atoms with Gasteiger partial charge in [-0.25, -0.2) is 0 Å². The van der Waals surface area contributed by atoms with E-state index in [1.165, 1.54) is 10.9 Å². The van der Waals surface area contributed by atoms with Gasteiger partial charge in [-0.15, -0.1) is 0 Å². The molecule has 0 bridgehead atoms. The molecule has 0 unspecified atom stereocenters. The highest BCUT2D eigenvalue weighted by molar-refractivity contribution is 5.90. The van der Waals surface area contributed by atoms with Crippen molar-refractivity contribution in [3.05, 3.63) is 35.5 Å². The number of carbonyl (C=O) groups excluding carboxylic acids is 2. The summed E-state index contributed by atoms with van der Waals surface area (Å²) >= 11 is 0. The molecule has 3 heterocycles. The molecule has 20 heavy (non-hydrogen) atoms. The number of nitrogens with zero attached hydrogens (tertiary/aromatic N) is 1. The highest BCUT2D eigenvalue weighted by atomic mass is 16.2. The van der Waals surface area contributed by atoms with Crippen molar-refractivity contribution in [1.82, 2.24) is 9.88 Å². The van der Waals surface area contributed by atoms with E-state index in [1.54, 1.807) is 4.90 Å². The minimum absolute atomic E-state index is 0.0916. The second-order valence-corrected chi connectivity index (χ2v) is 5.97. The van der Waals surface area contributed by atoms with E-state index in [2.05, 4.69) is 18.0 Å². The normalized spacial score (nSPS) is 28.6. The Morgan fingerprint density at radius 3 is 3.00 bits per heavy atom. The van der Waals surface area contributed by atoms with E-state index in [-0.39, 0.29) is 17.5 Å². The molecule has 2 aliphatic heterocycles. The number of carbonyl (C=O) groups is 2. The van der Waals surface area contributed by atoms with Gasteiger partial charge >= 0.3 is 0 Å². The number of H-pyrrole nitrogens is 1. The summed E-state index contributed by atoms with van der Waals surface area (Å²) in [5.74, 6) is 0.0916. The van der Waals surface area contributed by atoms with Crippen LogP contribution in [0.25, 0.3) is 10.9 Å². The van der Waals surface area contributed by atoms with E-state index in [0.717, 1.165) is 23.9 Å². The highest BCUT2D eigenvalue weighted by Crippen LogP contribution is 2.47. The standard InChI is InChI=1S/C16H16N2O2/c1-16-7-6-14(20)18(16)10(9-19)8-12-11-4-2-3-5-13(11)17-15(12)16/h2-5,9-10,17H,6-8H2,1H3/t10-,16-/m0/s1. The predicted octanol–water partition coefficient (Wildman–Crippen LogP) is 2.13. The van der Waals surface area contributed by atoms with Crippen molar-refractivity contribution in [3.63, 3.8) is 0 Å². The molecule has 2 aromatic rings. The average Bonchev–Trinajstić information content (AvgIpc) is 2.98. The van der Waals surface area contributed by atoms with Crippen LogP contribution in [0.3, 0.4) is 0 Å². The number of amides is 1. The van der Waals surface area contributed by atoms with Crippen LogP contribution in [0.15, 0.2) is 24.3 Å². The maximum absolute atomic E-state index is 12.2. The van der Waals surface area contributed by atoms with Gasteiger partial charge in [-0.2, -0.15) is 0 Å². The number of nitrogens with one attached hydrogen (secondary N) is 1. The number of aromatic amines is 1. The van der Waals surface area contributed by atoms with Crippen molar-refractivity contribution in [2.24, 2.45) is 0 Å². The Hall–Kier alpha value is -2.10. The van der Waals surface area contributed by atoms with Crippen molar-refractivity contribution >= 4 is 23.1 Å². The third-order valence-corrected chi connectivity index (χ3v) is 4.88. The molecule has 102 valence electrons. The number of fused-ring (bicyclic) bond motifs is 5. The molecule has 1 aromatic heterocycles. The smallest absolute Gasteiger partial charge is 0.224 e. The molecule has 1 N–H and O–H groups in total. The monoisotopic (exact) mass is 268 g/mol. The fourth-order valence-corrected chi connectivity index (χ4v) is 3.94. The Kier molecular flexibility index (Phi) is 2.18. The van der Waals surface area contributed by atoms with Crippen LogP contribution in [0.1, 0.15) is 31.0 Å². The lowest BCUT2D eigenvalue weighted by molar-refractivity contribution is -0.138. The predicted molar refractivity (Wildman–Crippen MR) is 75.3 cm³/mol. The summed E-state index contributed by atoms with van der Waals surface area (Å²) in [6, 6.07) is 7.82. The Morgan fingerprint density at radius 1 is 1.40 bits per heavy atom. The Labute approximate surface area is 116 Å². The second-order valence-electron chi connectivity index (χ2n) is 5.97. The largest absolute Gasteiger partial charge is 0.356 e. The quantitative estimate of drug-likeness (QED) is 0.805. The summed E-state index contributed by atoms with van der Waals surface area (Å²) in [6.45, 7) is 2.07. The van der Waals surface area contributed by atoms with E-state index in [1.807, 2.05) is 18.2 Å². The number of benzene rings is 1. The van der Waals surface area contributed by atoms with E-state index in [0.29, 0.717) is 12.8 Å². The zero-order chi connectivity index (χ0) is 13.9. The third-order valence-electron chi connectivity index (χ3n) is 4.88. The molecule has 0 aliphatic carbocycles. The molecule has 1 saturated heterocycles. The summed E-state index contributed by atoms with van der Waals surface area (Å²) in [7, 11) is 0. The van der Waals surface area contributed by atoms with Gasteiger partial charge in [0, 0.05) is 29.4 Å². The highest BCUT2D eigenvalue weighted by Gasteiger charge is 2.51. The molecule has 1 fully saturated rings. The first-order valence-electron chi connectivity index (χ1n) is 7.02. The van der Waals surface area contributed by atoms with Gasteiger partial charge in [-0.05, 0) is 25.0 Å². The zero-order valence-electron chi connectivity index (χ0n) is 11.3. The van der Waals surface area contributed by atoms with Crippen LogP contribution >= 0.6 is 0 Å². The summed E-state index contributed by atoms with van der Waals surface area (Å²) in [6.07, 6.45) is 2.84. The zero-order valence-corrected chi connectivity index (χ0v) is 11.3. The van der Waals surface area contributed by atoms with Crippen LogP contribution in [0.4, 0.5) is 0 Å². The maximum atomic E-state index is 12.2. The van der Waals surface area contributed by atoms with Crippen LogP contribution in [0, 0.1) is 0 Å². The first kappa shape index (κ1) is 11.7. The first-order valence-corrected chi connectivity index (χ1v) is 7.02. The second kappa shape index (κ2) is 3.72. The van der Waals surface area contributed by atoms with Crippen LogP contribution in [0.5, 0.6) is 0 Å². The lowest BCUT2D eigenvalue weighted by atomic mass is 9.83. The minimum Gasteiger partial charge on any atom is -0.356 e. The molecule has 4 rings (SSSR count). The van der Waals surface area contributed by atoms with Gasteiger partial charge < -0.3 is 14.7 Å². The molecule has 2 aliphatic rings. The van der Waals surface area contributed by atoms with E-state index in [4.69, 9.17) is 0 Å². The summed E-state index contributed by atoms with van der Waals surface area (Å²) in [5, 5.41) is 1.18. The maximum Gasteiger partial charge on any atom is 0.224 e. The molecular weight excluding hydrogens is 252 g/mol. The van der Waals surface area contributed by atoms with Gasteiger partial charge in [0.25, 0.3) is 0 Å². The van der Waals surface area contributed by atoms with Gasteiger partial charge in [0.05, 0.1) is 11.6 Å². The number of para-hydroxylation sites is 1. The molecule has 4 heteroatoms. The van der Waals surface area contributed by atoms with Crippen molar-refractivity contribution in [2.75, 3.05) is 0 Å². The summed E-state index contributed by atoms with van der Waals surface area (Å²) in [4.78, 5) is 28.9. The molecule has 2 atom stereocenters. The van der Waals surface area contributed by atoms with Crippen molar-refractivity contribution in [2.45, 2.75) is 37.8 Å². The minimum atomic E-state index is -0.366. The Bertz CT molecular complexity index is 733. The number of hydrogen-bond acceptors (Lipinski definition) is 2. The van der Waals surface area contributed by atoms with Crippen LogP contribution in [-0.2, 0) is 21.5 Å². The Balaban J connectivity index is 2.02. The van der Waals surface area contributed by atoms with Crippen molar-refractivity contribution < 1.29 is 9.59 Å². The van der Waals surface area contributed by atoms with Crippen LogP contribution in [-0.4, -0.2) is 28.1 Å². The molecule has 1 amide bonds. The molecule has 0 radical (unpaired) electrons. The third kappa shape index (κ3) is 1.26. The SMILES string of the molecule is C[C@@]12CCC(=O)N1[C@H](C=O)Cc1c2[nH]c2ccccc12. The lowest BCUT2D eigenvalue weighted by Gasteiger charge is -2.43. The van der Waals surface area contributed by atoms with E-state index in [9.17, 15) is 9.59 Å². The van der Waals surface area contributed by atoms with Crippen molar-refractivity contribution in [1.29, 1.82) is 0 Å². The first-order chi connectivity index (χ1) is 9.65. The average molecular weight is 268 g/mol. The van der Waals surface area contributed by atoms with Crippen LogP contribution in [0.2, 0.25) is 0 Å². The molecular formula is C16H16N2O2. The fraction of sp³-hybridized carbons (Fsp3) is 0.375. The van der Waals surface area contributed by atoms with Gasteiger partial charge in [-0.1, -0.05) is 18.2 Å². The summed E-state index contributed by atoms with van der Waals surface area (Å²) in [5.41, 5.74) is 3.04. The van der Waals surface area contributed by atoms with Crippen molar-refractivity contribution in [3.8, 4) is 0 Å². The topological polar surface area (TPSA) is 53.2 Å². The van der Waals surface area contributed by atoms with Gasteiger partial charge in [0.1, 0.15) is 6.29 Å². The van der Waals surface area contributed by atoms with Crippen LogP contribution < -0.4 is 0 Å². The molecule has 4 nitrogen and oxygen atoms in total. The number of rotatable bonds is 1. The lowest BCUT2D eigenvalue weighted by Crippen LogP contribution is -2.53. The van der Waals surface area contributed by atoms with Gasteiger partial charge in [0.2, 0.25) is 5.91 Å². The fourth-order valence-electron chi connectivity index (χ4n) is 3.94.